The van der Waals surface area contributed by atoms with E-state index < -0.39 is 17.3 Å². The number of benzene rings is 1. The summed E-state index contributed by atoms with van der Waals surface area (Å²) in [5.41, 5.74) is 0.687. The van der Waals surface area contributed by atoms with E-state index >= 15 is 0 Å². The second-order valence-electron chi connectivity index (χ2n) is 4.44. The summed E-state index contributed by atoms with van der Waals surface area (Å²) < 4.78 is 41.5. The Morgan fingerprint density at radius 2 is 2.11 bits per heavy atom. The molecule has 0 fully saturated rings. The number of rotatable bonds is 4. The Balaban J connectivity index is 2.39. The van der Waals surface area contributed by atoms with Gasteiger partial charge in [0.05, 0.1) is 17.6 Å². The molecule has 1 aromatic heterocycles. The molecule has 1 radical (unpaired) electrons. The van der Waals surface area contributed by atoms with Crippen LogP contribution in [0.3, 0.4) is 0 Å². The standard InChI is InChI=1S/C14H14F3N2/c1-3-4-10-8-19(9-18-10)11-5-6-13(15)12(7-11)14(2,16)17/h3,5-9H,4H2,1-2H3. The number of aromatic nitrogens is 2. The summed E-state index contributed by atoms with van der Waals surface area (Å²) in [7, 11) is 0. The number of alkyl halides is 2. The highest BCUT2D eigenvalue weighted by atomic mass is 19.3. The Labute approximate surface area is 109 Å². The lowest BCUT2D eigenvalue weighted by atomic mass is 10.1. The second kappa shape index (κ2) is 5.07. The summed E-state index contributed by atoms with van der Waals surface area (Å²) in [6, 6.07) is 3.65. The third-order valence-corrected chi connectivity index (χ3v) is 2.77. The van der Waals surface area contributed by atoms with Gasteiger partial charge >= 0.3 is 0 Å². The van der Waals surface area contributed by atoms with Gasteiger partial charge < -0.3 is 4.57 Å². The molecule has 1 heterocycles. The van der Waals surface area contributed by atoms with Gasteiger partial charge in [0.2, 0.25) is 0 Å². The molecule has 1 aromatic carbocycles. The number of hydrogen-bond acceptors (Lipinski definition) is 1. The Bertz CT molecular complexity index is 570. The molecule has 0 amide bonds. The van der Waals surface area contributed by atoms with E-state index in [1.807, 2.05) is 13.3 Å². The molecule has 0 spiro atoms. The summed E-state index contributed by atoms with van der Waals surface area (Å²) in [4.78, 5) is 4.15. The van der Waals surface area contributed by atoms with Gasteiger partial charge in [0.15, 0.2) is 0 Å². The van der Waals surface area contributed by atoms with Gasteiger partial charge in [-0.25, -0.2) is 18.2 Å². The quantitative estimate of drug-likeness (QED) is 0.821. The van der Waals surface area contributed by atoms with Crippen LogP contribution in [0.4, 0.5) is 13.2 Å². The predicted octanol–water partition coefficient (Wildman–Crippen LogP) is 3.89. The maximum Gasteiger partial charge on any atom is 0.273 e. The van der Waals surface area contributed by atoms with Crippen LogP contribution in [0.2, 0.25) is 0 Å². The fourth-order valence-corrected chi connectivity index (χ4v) is 1.83. The zero-order valence-corrected chi connectivity index (χ0v) is 10.7. The van der Waals surface area contributed by atoms with E-state index in [1.165, 1.54) is 12.4 Å². The first-order valence-corrected chi connectivity index (χ1v) is 5.90. The molecule has 0 aliphatic rings. The molecule has 0 N–H and O–H groups in total. The van der Waals surface area contributed by atoms with Crippen LogP contribution in [-0.2, 0) is 12.3 Å². The van der Waals surface area contributed by atoms with Crippen molar-refractivity contribution in [3.8, 4) is 5.69 Å². The average Bonchev–Trinajstić information content (AvgIpc) is 2.77. The van der Waals surface area contributed by atoms with E-state index in [9.17, 15) is 13.2 Å². The maximum absolute atomic E-state index is 13.4. The highest BCUT2D eigenvalue weighted by Gasteiger charge is 2.28. The minimum atomic E-state index is -3.21. The molecule has 2 rings (SSSR count). The molecule has 0 saturated heterocycles. The molecule has 0 aliphatic heterocycles. The van der Waals surface area contributed by atoms with E-state index in [0.29, 0.717) is 19.0 Å². The first kappa shape index (κ1) is 13.6. The summed E-state index contributed by atoms with van der Waals surface area (Å²) in [5, 5.41) is 0. The van der Waals surface area contributed by atoms with Crippen molar-refractivity contribution < 1.29 is 13.2 Å². The summed E-state index contributed by atoms with van der Waals surface area (Å²) in [6.07, 6.45) is 5.92. The molecular weight excluding hydrogens is 253 g/mol. The van der Waals surface area contributed by atoms with E-state index in [-0.39, 0.29) is 0 Å². The molecule has 5 heteroatoms. The van der Waals surface area contributed by atoms with Crippen LogP contribution < -0.4 is 0 Å². The van der Waals surface area contributed by atoms with Crippen LogP contribution in [0.5, 0.6) is 0 Å². The first-order valence-electron chi connectivity index (χ1n) is 5.90. The van der Waals surface area contributed by atoms with Crippen molar-refractivity contribution in [1.82, 2.24) is 9.55 Å². The number of hydrogen-bond donors (Lipinski definition) is 0. The van der Waals surface area contributed by atoms with E-state index in [2.05, 4.69) is 4.98 Å². The van der Waals surface area contributed by atoms with Gasteiger partial charge in [0, 0.05) is 18.8 Å². The monoisotopic (exact) mass is 267 g/mol. The fraction of sp³-hybridized carbons (Fsp3) is 0.286. The van der Waals surface area contributed by atoms with Crippen molar-refractivity contribution in [2.45, 2.75) is 26.2 Å². The Kier molecular flexibility index (Phi) is 3.64. The molecule has 2 nitrogen and oxygen atoms in total. The topological polar surface area (TPSA) is 17.8 Å². The second-order valence-corrected chi connectivity index (χ2v) is 4.44. The van der Waals surface area contributed by atoms with E-state index in [0.717, 1.165) is 17.8 Å². The van der Waals surface area contributed by atoms with E-state index in [4.69, 9.17) is 0 Å². The molecule has 2 aromatic rings. The third-order valence-electron chi connectivity index (χ3n) is 2.77. The fourth-order valence-electron chi connectivity index (χ4n) is 1.83. The van der Waals surface area contributed by atoms with Gasteiger partial charge in [-0.3, -0.25) is 0 Å². The Morgan fingerprint density at radius 3 is 2.74 bits per heavy atom. The predicted molar refractivity (Wildman–Crippen MR) is 66.8 cm³/mol. The largest absolute Gasteiger partial charge is 0.306 e. The van der Waals surface area contributed by atoms with Gasteiger partial charge in [0.1, 0.15) is 5.82 Å². The number of nitrogens with zero attached hydrogens (tertiary/aromatic N) is 2. The van der Waals surface area contributed by atoms with Gasteiger partial charge in [-0.2, -0.15) is 0 Å². The minimum absolute atomic E-state index is 0.466. The smallest absolute Gasteiger partial charge is 0.273 e. The molecule has 101 valence electrons. The molecular formula is C14H14F3N2. The SMILES string of the molecule is C[CH]Cc1cn(-c2ccc(F)c(C(C)(F)F)c2)cn1. The van der Waals surface area contributed by atoms with Gasteiger partial charge in [-0.1, -0.05) is 6.92 Å². The number of halogens is 3. The highest BCUT2D eigenvalue weighted by molar-refractivity contribution is 5.38. The zero-order valence-electron chi connectivity index (χ0n) is 10.7. The Hall–Kier alpha value is -1.78. The summed E-state index contributed by atoms with van der Waals surface area (Å²) in [5.74, 6) is -4.11. The van der Waals surface area contributed by atoms with Crippen molar-refractivity contribution in [2.75, 3.05) is 0 Å². The molecule has 0 bridgehead atoms. The molecule has 0 saturated carbocycles. The van der Waals surface area contributed by atoms with Crippen LogP contribution in [0.15, 0.2) is 30.7 Å². The van der Waals surface area contributed by atoms with Crippen LogP contribution in [0, 0.1) is 12.2 Å². The highest BCUT2D eigenvalue weighted by Crippen LogP contribution is 2.30. The van der Waals surface area contributed by atoms with Crippen LogP contribution in [0.1, 0.15) is 25.1 Å². The molecule has 0 atom stereocenters. The lowest BCUT2D eigenvalue weighted by molar-refractivity contribution is 0.0137. The van der Waals surface area contributed by atoms with Crippen molar-refractivity contribution in [3.63, 3.8) is 0 Å². The molecule has 0 aliphatic carbocycles. The van der Waals surface area contributed by atoms with Crippen LogP contribution >= 0.6 is 0 Å². The summed E-state index contributed by atoms with van der Waals surface area (Å²) >= 11 is 0. The van der Waals surface area contributed by atoms with E-state index in [1.54, 1.807) is 10.8 Å². The van der Waals surface area contributed by atoms with Crippen molar-refractivity contribution in [2.24, 2.45) is 0 Å². The Morgan fingerprint density at radius 1 is 1.37 bits per heavy atom. The van der Waals surface area contributed by atoms with Gasteiger partial charge in [-0.05, 0) is 31.0 Å². The minimum Gasteiger partial charge on any atom is -0.306 e. The lowest BCUT2D eigenvalue weighted by Crippen LogP contribution is -2.10. The van der Waals surface area contributed by atoms with Crippen molar-refractivity contribution in [1.29, 1.82) is 0 Å². The molecule has 19 heavy (non-hydrogen) atoms. The van der Waals surface area contributed by atoms with Crippen molar-refractivity contribution in [3.05, 3.63) is 54.2 Å². The zero-order chi connectivity index (χ0) is 14.0. The first-order chi connectivity index (χ1) is 8.91. The van der Waals surface area contributed by atoms with Crippen LogP contribution in [0.25, 0.3) is 5.69 Å². The number of imidazole rings is 1. The third kappa shape index (κ3) is 2.97. The summed E-state index contributed by atoms with van der Waals surface area (Å²) in [6.45, 7) is 2.59. The lowest BCUT2D eigenvalue weighted by Gasteiger charge is -2.13. The van der Waals surface area contributed by atoms with Crippen molar-refractivity contribution >= 4 is 0 Å². The van der Waals surface area contributed by atoms with Gasteiger partial charge in [0.25, 0.3) is 5.92 Å². The molecule has 0 unspecified atom stereocenters. The maximum atomic E-state index is 13.4. The normalized spacial score (nSPS) is 11.8. The average molecular weight is 267 g/mol. The van der Waals surface area contributed by atoms with Crippen LogP contribution in [-0.4, -0.2) is 9.55 Å². The van der Waals surface area contributed by atoms with Gasteiger partial charge in [-0.15, -0.1) is 0 Å².